The number of nitrogens with zero attached hydrogens (tertiary/aromatic N) is 5. The van der Waals surface area contributed by atoms with E-state index in [0.29, 0.717) is 23.6 Å². The first kappa shape index (κ1) is 14.6. The molecule has 0 aliphatic heterocycles. The maximum atomic E-state index is 12.4. The minimum Gasteiger partial charge on any atom is -0.409 e. The first-order chi connectivity index (χ1) is 9.97. The molecule has 0 aliphatic rings. The largest absolute Gasteiger partial charge is 0.409 e. The zero-order valence-corrected chi connectivity index (χ0v) is 12.0. The fourth-order valence-electron chi connectivity index (χ4n) is 1.97. The molecule has 0 aromatic carbocycles. The summed E-state index contributed by atoms with van der Waals surface area (Å²) < 4.78 is 3.04. The van der Waals surface area contributed by atoms with Crippen LogP contribution in [0.2, 0.25) is 0 Å². The Labute approximate surface area is 121 Å². The second-order valence-corrected chi connectivity index (χ2v) is 4.46. The van der Waals surface area contributed by atoms with Crippen molar-refractivity contribution in [2.45, 2.75) is 20.4 Å². The zero-order valence-electron chi connectivity index (χ0n) is 12.0. The van der Waals surface area contributed by atoms with Crippen molar-refractivity contribution in [3.63, 3.8) is 0 Å². The number of carbonyl (C=O) groups excluding carboxylic acids is 1. The van der Waals surface area contributed by atoms with Crippen molar-refractivity contribution in [3.8, 4) is 0 Å². The van der Waals surface area contributed by atoms with Gasteiger partial charge in [0, 0.05) is 13.6 Å². The van der Waals surface area contributed by atoms with Gasteiger partial charge in [-0.25, -0.2) is 0 Å². The highest BCUT2D eigenvalue weighted by atomic mass is 16.4. The predicted octanol–water partition coefficient (Wildman–Crippen LogP) is 0.292. The third-order valence-corrected chi connectivity index (χ3v) is 2.99. The molecule has 2 aromatic heterocycles. The Bertz CT molecular complexity index is 699. The first-order valence-corrected chi connectivity index (χ1v) is 6.33. The maximum absolute atomic E-state index is 12.4. The van der Waals surface area contributed by atoms with Crippen LogP contribution in [0.4, 0.5) is 5.82 Å². The molecule has 0 unspecified atom stereocenters. The van der Waals surface area contributed by atoms with Crippen molar-refractivity contribution in [3.05, 3.63) is 29.2 Å². The molecule has 2 aromatic rings. The first-order valence-electron chi connectivity index (χ1n) is 6.33. The Morgan fingerprint density at radius 2 is 2.29 bits per heavy atom. The summed E-state index contributed by atoms with van der Waals surface area (Å²) in [4.78, 5) is 12.4. The SMILES string of the molecule is CCn1nc(C)cc1C(=O)Nc1c(C(N)=NO)cnn1C. The quantitative estimate of drug-likeness (QED) is 0.323. The zero-order chi connectivity index (χ0) is 15.6. The minimum atomic E-state index is -0.340. The Balaban J connectivity index is 2.34. The second-order valence-electron chi connectivity index (χ2n) is 4.46. The van der Waals surface area contributed by atoms with E-state index in [-0.39, 0.29) is 11.7 Å². The molecule has 9 nitrogen and oxygen atoms in total. The normalized spacial score (nSPS) is 11.7. The molecule has 0 saturated carbocycles. The van der Waals surface area contributed by atoms with Gasteiger partial charge in [-0.3, -0.25) is 14.2 Å². The molecule has 4 N–H and O–H groups in total. The average molecular weight is 291 g/mol. The molecule has 112 valence electrons. The van der Waals surface area contributed by atoms with Crippen molar-refractivity contribution in [1.29, 1.82) is 0 Å². The molecule has 0 aliphatic carbocycles. The third kappa shape index (κ3) is 2.71. The van der Waals surface area contributed by atoms with E-state index in [0.717, 1.165) is 5.69 Å². The smallest absolute Gasteiger partial charge is 0.275 e. The number of hydrogen-bond acceptors (Lipinski definition) is 5. The van der Waals surface area contributed by atoms with Crippen LogP contribution in [0.3, 0.4) is 0 Å². The van der Waals surface area contributed by atoms with Gasteiger partial charge in [-0.15, -0.1) is 0 Å². The Morgan fingerprint density at radius 3 is 2.90 bits per heavy atom. The number of aromatic nitrogens is 4. The lowest BCUT2D eigenvalue weighted by Gasteiger charge is -2.08. The molecule has 21 heavy (non-hydrogen) atoms. The molecule has 0 bridgehead atoms. The molecule has 2 rings (SSSR count). The van der Waals surface area contributed by atoms with Gasteiger partial charge in [0.1, 0.15) is 11.5 Å². The highest BCUT2D eigenvalue weighted by Gasteiger charge is 2.19. The highest BCUT2D eigenvalue weighted by molar-refractivity contribution is 6.08. The maximum Gasteiger partial charge on any atom is 0.275 e. The van der Waals surface area contributed by atoms with Crippen LogP contribution in [0.15, 0.2) is 17.4 Å². The topological polar surface area (TPSA) is 123 Å². The lowest BCUT2D eigenvalue weighted by molar-refractivity contribution is 0.101. The standard InChI is InChI=1S/C12H17N7O2/c1-4-19-9(5-7(2)16-19)12(20)15-11-8(10(13)17-21)6-14-18(11)3/h5-6,21H,4H2,1-3H3,(H2,13,17)(H,15,20). The molecule has 1 amide bonds. The molecule has 0 atom stereocenters. The van der Waals surface area contributed by atoms with Gasteiger partial charge >= 0.3 is 0 Å². The van der Waals surface area contributed by atoms with Crippen molar-refractivity contribution >= 4 is 17.6 Å². The van der Waals surface area contributed by atoms with Crippen LogP contribution in [0.1, 0.15) is 28.7 Å². The number of amidine groups is 1. The van der Waals surface area contributed by atoms with Crippen LogP contribution in [0.5, 0.6) is 0 Å². The van der Waals surface area contributed by atoms with Gasteiger partial charge in [-0.2, -0.15) is 10.2 Å². The predicted molar refractivity (Wildman–Crippen MR) is 76.3 cm³/mol. The Morgan fingerprint density at radius 1 is 1.57 bits per heavy atom. The van der Waals surface area contributed by atoms with Crippen molar-refractivity contribution < 1.29 is 10.0 Å². The summed E-state index contributed by atoms with van der Waals surface area (Å²) in [6.45, 7) is 4.29. The van der Waals surface area contributed by atoms with Gasteiger partial charge in [0.15, 0.2) is 5.84 Å². The summed E-state index contributed by atoms with van der Waals surface area (Å²) in [5.41, 5.74) is 7.09. The molecular weight excluding hydrogens is 274 g/mol. The molecule has 0 radical (unpaired) electrons. The number of nitrogens with one attached hydrogen (secondary N) is 1. The third-order valence-electron chi connectivity index (χ3n) is 2.99. The van der Waals surface area contributed by atoms with Crippen molar-refractivity contribution in [1.82, 2.24) is 19.6 Å². The minimum absolute atomic E-state index is 0.126. The van der Waals surface area contributed by atoms with Crippen molar-refractivity contribution in [2.75, 3.05) is 5.32 Å². The number of nitrogens with two attached hydrogens (primary N) is 1. The number of aryl methyl sites for hydroxylation is 3. The fraction of sp³-hybridized carbons (Fsp3) is 0.333. The van der Waals surface area contributed by atoms with E-state index in [1.54, 1.807) is 17.8 Å². The van der Waals surface area contributed by atoms with Crippen LogP contribution in [-0.2, 0) is 13.6 Å². The van der Waals surface area contributed by atoms with Crippen LogP contribution in [-0.4, -0.2) is 36.5 Å². The van der Waals surface area contributed by atoms with E-state index in [2.05, 4.69) is 20.7 Å². The fourth-order valence-corrected chi connectivity index (χ4v) is 1.97. The molecule has 9 heteroatoms. The van der Waals surface area contributed by atoms with E-state index in [1.807, 2.05) is 13.8 Å². The summed E-state index contributed by atoms with van der Waals surface area (Å²) in [6.07, 6.45) is 1.41. The molecule has 0 fully saturated rings. The van der Waals surface area contributed by atoms with Crippen LogP contribution >= 0.6 is 0 Å². The summed E-state index contributed by atoms with van der Waals surface area (Å²) in [7, 11) is 1.64. The summed E-state index contributed by atoms with van der Waals surface area (Å²) in [5, 5.41) is 22.6. The Kier molecular flexibility index (Phi) is 3.92. The van der Waals surface area contributed by atoms with Crippen LogP contribution < -0.4 is 11.1 Å². The van der Waals surface area contributed by atoms with Gasteiger partial charge < -0.3 is 16.3 Å². The van der Waals surface area contributed by atoms with E-state index in [4.69, 9.17) is 10.9 Å². The lowest BCUT2D eigenvalue weighted by Crippen LogP contribution is -2.22. The van der Waals surface area contributed by atoms with E-state index < -0.39 is 0 Å². The number of anilines is 1. The van der Waals surface area contributed by atoms with Gasteiger partial charge in [0.25, 0.3) is 5.91 Å². The molecule has 0 spiro atoms. The summed E-state index contributed by atoms with van der Waals surface area (Å²) in [5.74, 6) is -0.122. The second kappa shape index (κ2) is 5.65. The summed E-state index contributed by atoms with van der Waals surface area (Å²) >= 11 is 0. The number of rotatable bonds is 4. The highest BCUT2D eigenvalue weighted by Crippen LogP contribution is 2.15. The monoisotopic (exact) mass is 291 g/mol. The lowest BCUT2D eigenvalue weighted by atomic mass is 10.3. The number of amides is 1. The number of carbonyl (C=O) groups is 1. The van der Waals surface area contributed by atoms with Crippen molar-refractivity contribution in [2.24, 2.45) is 17.9 Å². The Hall–Kier alpha value is -2.84. The average Bonchev–Trinajstić information content (AvgIpc) is 3.02. The number of oxime groups is 1. The van der Waals surface area contributed by atoms with Crippen LogP contribution in [0, 0.1) is 6.92 Å². The van der Waals surface area contributed by atoms with Gasteiger partial charge in [0.2, 0.25) is 0 Å². The molecule has 0 saturated heterocycles. The van der Waals surface area contributed by atoms with Gasteiger partial charge in [0.05, 0.1) is 17.5 Å². The van der Waals surface area contributed by atoms with E-state index in [9.17, 15) is 4.79 Å². The summed E-state index contributed by atoms with van der Waals surface area (Å²) in [6, 6.07) is 1.69. The van der Waals surface area contributed by atoms with E-state index >= 15 is 0 Å². The van der Waals surface area contributed by atoms with E-state index in [1.165, 1.54) is 10.9 Å². The number of hydrogen-bond donors (Lipinski definition) is 3. The molecule has 2 heterocycles. The van der Waals surface area contributed by atoms with Gasteiger partial charge in [-0.1, -0.05) is 5.16 Å². The molecular formula is C12H17N7O2. The van der Waals surface area contributed by atoms with Crippen LogP contribution in [0.25, 0.3) is 0 Å². The van der Waals surface area contributed by atoms with Gasteiger partial charge in [-0.05, 0) is 19.9 Å².